The van der Waals surface area contributed by atoms with Crippen molar-refractivity contribution in [3.63, 3.8) is 0 Å². The molecule has 2 heterocycles. The Bertz CT molecular complexity index is 1110. The minimum Gasteiger partial charge on any atom is -0.378 e. The number of rotatable bonds is 6. The third kappa shape index (κ3) is 4.62. The summed E-state index contributed by atoms with van der Waals surface area (Å²) in [7, 11) is 0. The second-order valence-electron chi connectivity index (χ2n) is 6.32. The van der Waals surface area contributed by atoms with E-state index in [-0.39, 0.29) is 5.91 Å². The molecule has 0 fully saturated rings. The lowest BCUT2D eigenvalue weighted by Crippen LogP contribution is -2.13. The van der Waals surface area contributed by atoms with Gasteiger partial charge >= 0.3 is 0 Å². The predicted molar refractivity (Wildman–Crippen MR) is 115 cm³/mol. The lowest BCUT2D eigenvalue weighted by Gasteiger charge is -2.11. The number of nitrogens with zero attached hydrogens (tertiary/aromatic N) is 3. The molecule has 0 saturated carbocycles. The van der Waals surface area contributed by atoms with Gasteiger partial charge in [-0.15, -0.1) is 0 Å². The van der Waals surface area contributed by atoms with Gasteiger partial charge in [0.2, 0.25) is 0 Å². The van der Waals surface area contributed by atoms with Crippen molar-refractivity contribution >= 4 is 28.9 Å². The summed E-state index contributed by atoms with van der Waals surface area (Å²) in [5.41, 5.74) is 3.61. The minimum atomic E-state index is -0.222. The van der Waals surface area contributed by atoms with Crippen molar-refractivity contribution in [1.29, 1.82) is 0 Å². The Hall–Kier alpha value is -3.64. The van der Waals surface area contributed by atoms with Crippen molar-refractivity contribution in [3.05, 3.63) is 102 Å². The van der Waals surface area contributed by atoms with Gasteiger partial charge in [0.15, 0.2) is 0 Å². The Labute approximate surface area is 173 Å². The number of amides is 1. The molecule has 0 atom stereocenters. The SMILES string of the molecule is O=C(Nc1cccc(-n2cccn2)c1)c1ccc(Cl)c(NCc2ccccn2)c1. The number of halogens is 1. The third-order valence-corrected chi connectivity index (χ3v) is 4.62. The van der Waals surface area contributed by atoms with E-state index >= 15 is 0 Å². The molecule has 1 amide bonds. The van der Waals surface area contributed by atoms with Crippen LogP contribution in [0.5, 0.6) is 0 Å². The number of hydrogen-bond acceptors (Lipinski definition) is 4. The van der Waals surface area contributed by atoms with E-state index in [0.717, 1.165) is 11.4 Å². The highest BCUT2D eigenvalue weighted by atomic mass is 35.5. The molecule has 4 rings (SSSR count). The summed E-state index contributed by atoms with van der Waals surface area (Å²) in [5.74, 6) is -0.222. The number of hydrogen-bond donors (Lipinski definition) is 2. The molecule has 0 radical (unpaired) electrons. The van der Waals surface area contributed by atoms with Gasteiger partial charge in [-0.1, -0.05) is 23.7 Å². The largest absolute Gasteiger partial charge is 0.378 e. The first kappa shape index (κ1) is 18.7. The minimum absolute atomic E-state index is 0.222. The zero-order valence-corrected chi connectivity index (χ0v) is 16.2. The van der Waals surface area contributed by atoms with Crippen LogP contribution in [-0.4, -0.2) is 20.7 Å². The topological polar surface area (TPSA) is 71.8 Å². The van der Waals surface area contributed by atoms with Crippen LogP contribution in [0.15, 0.2) is 85.3 Å². The Morgan fingerprint density at radius 1 is 1.00 bits per heavy atom. The number of pyridine rings is 1. The van der Waals surface area contributed by atoms with Crippen molar-refractivity contribution in [3.8, 4) is 5.69 Å². The molecule has 6 nitrogen and oxygen atoms in total. The summed E-state index contributed by atoms with van der Waals surface area (Å²) in [6.45, 7) is 0.511. The van der Waals surface area contributed by atoms with Gasteiger partial charge in [0.05, 0.1) is 28.6 Å². The molecular formula is C22H18ClN5O. The maximum absolute atomic E-state index is 12.7. The molecule has 0 spiro atoms. The smallest absolute Gasteiger partial charge is 0.255 e. The van der Waals surface area contributed by atoms with Crippen molar-refractivity contribution in [2.75, 3.05) is 10.6 Å². The first-order chi connectivity index (χ1) is 14.2. The zero-order valence-electron chi connectivity index (χ0n) is 15.4. The van der Waals surface area contributed by atoms with Crippen molar-refractivity contribution < 1.29 is 4.79 Å². The summed E-state index contributed by atoms with van der Waals surface area (Å²) in [4.78, 5) is 17.0. The fourth-order valence-electron chi connectivity index (χ4n) is 2.84. The van der Waals surface area contributed by atoms with E-state index in [0.29, 0.717) is 28.5 Å². The summed E-state index contributed by atoms with van der Waals surface area (Å²) in [6.07, 6.45) is 5.29. The van der Waals surface area contributed by atoms with Crippen LogP contribution in [0, 0.1) is 0 Å². The Morgan fingerprint density at radius 2 is 1.93 bits per heavy atom. The first-order valence-electron chi connectivity index (χ1n) is 9.04. The van der Waals surface area contributed by atoms with Crippen LogP contribution in [0.4, 0.5) is 11.4 Å². The van der Waals surface area contributed by atoms with E-state index in [4.69, 9.17) is 11.6 Å². The van der Waals surface area contributed by atoms with Gasteiger partial charge in [-0.2, -0.15) is 5.10 Å². The molecular weight excluding hydrogens is 386 g/mol. The first-order valence-corrected chi connectivity index (χ1v) is 9.41. The molecule has 4 aromatic rings. The van der Waals surface area contributed by atoms with Crippen molar-refractivity contribution in [2.45, 2.75) is 6.54 Å². The van der Waals surface area contributed by atoms with E-state index in [1.807, 2.05) is 54.7 Å². The van der Waals surface area contributed by atoms with E-state index < -0.39 is 0 Å². The average molecular weight is 404 g/mol. The molecule has 0 saturated heterocycles. The zero-order chi connectivity index (χ0) is 20.1. The molecule has 0 unspecified atom stereocenters. The quantitative estimate of drug-likeness (QED) is 0.485. The number of aromatic nitrogens is 3. The maximum Gasteiger partial charge on any atom is 0.255 e. The molecule has 0 aliphatic heterocycles. The van der Waals surface area contributed by atoms with Crippen LogP contribution in [0.3, 0.4) is 0 Å². The van der Waals surface area contributed by atoms with Crippen molar-refractivity contribution in [2.24, 2.45) is 0 Å². The highest BCUT2D eigenvalue weighted by Gasteiger charge is 2.10. The molecule has 2 aromatic heterocycles. The molecule has 2 N–H and O–H groups in total. The van der Waals surface area contributed by atoms with Crippen LogP contribution in [0.2, 0.25) is 5.02 Å². The van der Waals surface area contributed by atoms with E-state index in [1.54, 1.807) is 35.3 Å². The fourth-order valence-corrected chi connectivity index (χ4v) is 3.03. The summed E-state index contributed by atoms with van der Waals surface area (Å²) in [6, 6.07) is 20.2. The van der Waals surface area contributed by atoms with Crippen LogP contribution in [0.1, 0.15) is 16.1 Å². The van der Waals surface area contributed by atoms with Gasteiger partial charge in [-0.25, -0.2) is 4.68 Å². The van der Waals surface area contributed by atoms with Crippen LogP contribution < -0.4 is 10.6 Å². The monoisotopic (exact) mass is 403 g/mol. The highest BCUT2D eigenvalue weighted by Crippen LogP contribution is 2.24. The normalized spacial score (nSPS) is 10.5. The summed E-state index contributed by atoms with van der Waals surface area (Å²) >= 11 is 6.28. The second kappa shape index (κ2) is 8.58. The summed E-state index contributed by atoms with van der Waals surface area (Å²) < 4.78 is 1.73. The fraction of sp³-hybridized carbons (Fsp3) is 0.0455. The van der Waals surface area contributed by atoms with Crippen LogP contribution in [-0.2, 0) is 6.54 Å². The van der Waals surface area contributed by atoms with Gasteiger partial charge in [0.25, 0.3) is 5.91 Å². The van der Waals surface area contributed by atoms with Crippen LogP contribution in [0.25, 0.3) is 5.69 Å². The number of benzene rings is 2. The Kier molecular flexibility index (Phi) is 5.54. The molecule has 0 aliphatic carbocycles. The molecule has 0 bridgehead atoms. The van der Waals surface area contributed by atoms with Gasteiger partial charge in [0.1, 0.15) is 0 Å². The van der Waals surface area contributed by atoms with Crippen LogP contribution >= 0.6 is 11.6 Å². The average Bonchev–Trinajstić information content (AvgIpc) is 3.29. The summed E-state index contributed by atoms with van der Waals surface area (Å²) in [5, 5.41) is 10.9. The number of nitrogens with one attached hydrogen (secondary N) is 2. The van der Waals surface area contributed by atoms with Gasteiger partial charge < -0.3 is 10.6 Å². The van der Waals surface area contributed by atoms with Gasteiger partial charge in [-0.05, 0) is 54.6 Å². The molecule has 7 heteroatoms. The van der Waals surface area contributed by atoms with Crippen molar-refractivity contribution in [1.82, 2.24) is 14.8 Å². The lowest BCUT2D eigenvalue weighted by molar-refractivity contribution is 0.102. The third-order valence-electron chi connectivity index (χ3n) is 4.29. The number of carbonyl (C=O) groups is 1. The number of carbonyl (C=O) groups excluding carboxylic acids is 1. The second-order valence-corrected chi connectivity index (χ2v) is 6.73. The molecule has 144 valence electrons. The van der Waals surface area contributed by atoms with Gasteiger partial charge in [-0.3, -0.25) is 9.78 Å². The van der Waals surface area contributed by atoms with E-state index in [2.05, 4.69) is 20.7 Å². The lowest BCUT2D eigenvalue weighted by atomic mass is 10.1. The highest BCUT2D eigenvalue weighted by molar-refractivity contribution is 6.33. The number of anilines is 2. The Balaban J connectivity index is 1.48. The maximum atomic E-state index is 12.7. The van der Waals surface area contributed by atoms with E-state index in [9.17, 15) is 4.79 Å². The predicted octanol–water partition coefficient (Wildman–Crippen LogP) is 4.79. The standard InChI is InChI=1S/C22H18ClN5O/c23-20-9-8-16(13-21(20)25-15-18-5-1-2-10-24-18)22(29)27-17-6-3-7-19(14-17)28-12-4-11-26-28/h1-14,25H,15H2,(H,27,29). The molecule has 2 aromatic carbocycles. The van der Waals surface area contributed by atoms with Gasteiger partial charge in [0, 0.05) is 29.8 Å². The van der Waals surface area contributed by atoms with E-state index in [1.165, 1.54) is 0 Å². The molecule has 29 heavy (non-hydrogen) atoms. The molecule has 0 aliphatic rings. The Morgan fingerprint density at radius 3 is 2.72 bits per heavy atom.